The molecule has 6 heteroatoms. The smallest absolute Gasteiger partial charge is 0.282 e. The van der Waals surface area contributed by atoms with Crippen LogP contribution in [0.2, 0.25) is 5.02 Å². The van der Waals surface area contributed by atoms with Crippen molar-refractivity contribution in [3.8, 4) is 0 Å². The summed E-state index contributed by atoms with van der Waals surface area (Å²) in [7, 11) is 0. The maximum atomic E-state index is 12.6. The molecule has 1 aliphatic heterocycles. The minimum Gasteiger partial charge on any atom is -0.372 e. The highest BCUT2D eigenvalue weighted by Crippen LogP contribution is 2.24. The molecule has 1 fully saturated rings. The number of nitrogens with zero attached hydrogens (tertiary/aromatic N) is 2. The van der Waals surface area contributed by atoms with Gasteiger partial charge in [-0.15, -0.1) is 0 Å². The van der Waals surface area contributed by atoms with E-state index in [1.807, 2.05) is 24.3 Å². The summed E-state index contributed by atoms with van der Waals surface area (Å²) in [6.07, 6.45) is 1.61. The Balaban J connectivity index is 1.84. The number of carbonyl (C=O) groups is 2. The van der Waals surface area contributed by atoms with Crippen molar-refractivity contribution < 1.29 is 9.59 Å². The van der Waals surface area contributed by atoms with E-state index in [1.165, 1.54) is 5.01 Å². The summed E-state index contributed by atoms with van der Waals surface area (Å²) in [4.78, 5) is 27.1. The summed E-state index contributed by atoms with van der Waals surface area (Å²) < 4.78 is 0. The first kappa shape index (κ1) is 18.0. The van der Waals surface area contributed by atoms with Crippen molar-refractivity contribution in [3.63, 3.8) is 0 Å². The largest absolute Gasteiger partial charge is 0.372 e. The highest BCUT2D eigenvalue weighted by Gasteiger charge is 2.34. The molecule has 0 radical (unpaired) electrons. The molecule has 1 aliphatic rings. The molecule has 2 aromatic rings. The molecular weight excluding hydrogens is 350 g/mol. The number of nitrogens with one attached hydrogen (secondary N) is 1. The maximum Gasteiger partial charge on any atom is 0.282 e. The fourth-order valence-corrected chi connectivity index (χ4v) is 3.08. The van der Waals surface area contributed by atoms with Crippen LogP contribution in [-0.4, -0.2) is 24.9 Å². The van der Waals surface area contributed by atoms with Crippen molar-refractivity contribution in [3.05, 3.63) is 64.7 Å². The van der Waals surface area contributed by atoms with Gasteiger partial charge in [0.15, 0.2) is 0 Å². The van der Waals surface area contributed by atoms with Crippen LogP contribution in [-0.2, 0) is 9.59 Å². The third-order valence-corrected chi connectivity index (χ3v) is 4.53. The van der Waals surface area contributed by atoms with Gasteiger partial charge in [-0.05, 0) is 55.8 Å². The lowest BCUT2D eigenvalue weighted by Crippen LogP contribution is -2.35. The highest BCUT2D eigenvalue weighted by molar-refractivity contribution is 6.33. The summed E-state index contributed by atoms with van der Waals surface area (Å²) >= 11 is 5.97. The van der Waals surface area contributed by atoms with Gasteiger partial charge in [0.05, 0.1) is 5.69 Å². The number of hydrazine groups is 1. The third-order valence-electron chi connectivity index (χ3n) is 4.29. The number of hydrogen-bond donors (Lipinski definition) is 1. The molecule has 1 saturated heterocycles. The van der Waals surface area contributed by atoms with Crippen LogP contribution in [0.3, 0.4) is 0 Å². The van der Waals surface area contributed by atoms with E-state index in [-0.39, 0.29) is 5.57 Å². The Morgan fingerprint density at radius 1 is 1.08 bits per heavy atom. The van der Waals surface area contributed by atoms with Crippen molar-refractivity contribution in [1.82, 2.24) is 5.43 Å². The van der Waals surface area contributed by atoms with Crippen LogP contribution in [0, 0.1) is 0 Å². The molecule has 26 heavy (non-hydrogen) atoms. The highest BCUT2D eigenvalue weighted by atomic mass is 35.5. The van der Waals surface area contributed by atoms with Crippen LogP contribution in [0.1, 0.15) is 19.4 Å². The Hall–Kier alpha value is -2.79. The lowest BCUT2D eigenvalue weighted by atomic mass is 10.1. The monoisotopic (exact) mass is 369 g/mol. The molecule has 0 saturated carbocycles. The van der Waals surface area contributed by atoms with Crippen molar-refractivity contribution in [2.75, 3.05) is 23.0 Å². The van der Waals surface area contributed by atoms with E-state index in [9.17, 15) is 9.59 Å². The summed E-state index contributed by atoms with van der Waals surface area (Å²) in [5, 5.41) is 1.71. The topological polar surface area (TPSA) is 52.7 Å². The van der Waals surface area contributed by atoms with Gasteiger partial charge < -0.3 is 4.90 Å². The number of hydrogen-bond acceptors (Lipinski definition) is 3. The number of benzene rings is 2. The average molecular weight is 370 g/mol. The third kappa shape index (κ3) is 3.58. The Morgan fingerprint density at radius 2 is 1.77 bits per heavy atom. The van der Waals surface area contributed by atoms with Crippen LogP contribution in [0.25, 0.3) is 6.08 Å². The number of halogens is 1. The zero-order valence-electron chi connectivity index (χ0n) is 14.7. The van der Waals surface area contributed by atoms with E-state index >= 15 is 0 Å². The number of rotatable bonds is 5. The van der Waals surface area contributed by atoms with Gasteiger partial charge in [0.2, 0.25) is 0 Å². The number of carbonyl (C=O) groups excluding carboxylic acids is 2. The molecule has 0 bridgehead atoms. The van der Waals surface area contributed by atoms with Gasteiger partial charge in [-0.2, -0.15) is 0 Å². The van der Waals surface area contributed by atoms with E-state index in [0.29, 0.717) is 10.7 Å². The van der Waals surface area contributed by atoms with E-state index in [4.69, 9.17) is 11.6 Å². The lowest BCUT2D eigenvalue weighted by molar-refractivity contribution is -0.117. The molecule has 0 aliphatic carbocycles. The van der Waals surface area contributed by atoms with Crippen molar-refractivity contribution in [1.29, 1.82) is 0 Å². The Morgan fingerprint density at radius 3 is 2.38 bits per heavy atom. The molecule has 5 nitrogen and oxygen atoms in total. The number of anilines is 2. The van der Waals surface area contributed by atoms with E-state index in [0.717, 1.165) is 24.3 Å². The summed E-state index contributed by atoms with van der Waals surface area (Å²) in [5.41, 5.74) is 5.11. The molecule has 0 atom stereocenters. The zero-order chi connectivity index (χ0) is 18.7. The molecule has 0 unspecified atom stereocenters. The van der Waals surface area contributed by atoms with E-state index < -0.39 is 11.8 Å². The molecule has 1 heterocycles. The molecular formula is C20H20ClN3O2. The summed E-state index contributed by atoms with van der Waals surface area (Å²) in [5.74, 6) is -0.826. The zero-order valence-corrected chi connectivity index (χ0v) is 15.5. The first-order valence-electron chi connectivity index (χ1n) is 8.51. The molecule has 2 aromatic carbocycles. The van der Waals surface area contributed by atoms with Crippen molar-refractivity contribution >= 4 is 40.9 Å². The predicted octanol–water partition coefficient (Wildman–Crippen LogP) is 3.65. The van der Waals surface area contributed by atoms with Crippen LogP contribution < -0.4 is 15.3 Å². The van der Waals surface area contributed by atoms with Gasteiger partial charge in [-0.25, -0.2) is 5.01 Å². The van der Waals surface area contributed by atoms with Gasteiger partial charge in [0.1, 0.15) is 5.57 Å². The Bertz CT molecular complexity index is 858. The van der Waals surface area contributed by atoms with Crippen LogP contribution in [0.15, 0.2) is 54.1 Å². The SMILES string of the molecule is CCN(CC)c1ccc(C=C2C(=O)NN(c3cccc(Cl)c3)C2=O)cc1. The molecule has 0 spiro atoms. The Labute approximate surface area is 157 Å². The summed E-state index contributed by atoms with van der Waals surface area (Å²) in [6.45, 7) is 6.05. The van der Waals surface area contributed by atoms with Crippen molar-refractivity contribution in [2.45, 2.75) is 13.8 Å². The fourth-order valence-electron chi connectivity index (χ4n) is 2.89. The minimum absolute atomic E-state index is 0.0977. The van der Waals surface area contributed by atoms with Gasteiger partial charge >= 0.3 is 0 Å². The first-order valence-corrected chi connectivity index (χ1v) is 8.89. The normalized spacial score (nSPS) is 15.5. The molecule has 134 valence electrons. The molecule has 1 N–H and O–H groups in total. The Kier molecular flexibility index (Phi) is 5.28. The quantitative estimate of drug-likeness (QED) is 0.646. The van der Waals surface area contributed by atoms with Crippen molar-refractivity contribution in [2.24, 2.45) is 0 Å². The van der Waals surface area contributed by atoms with Crippen LogP contribution >= 0.6 is 11.6 Å². The second-order valence-corrected chi connectivity index (χ2v) is 6.32. The second-order valence-electron chi connectivity index (χ2n) is 5.88. The van der Waals surface area contributed by atoms with Gasteiger partial charge in [0.25, 0.3) is 11.8 Å². The van der Waals surface area contributed by atoms with Crippen LogP contribution in [0.5, 0.6) is 0 Å². The van der Waals surface area contributed by atoms with E-state index in [2.05, 4.69) is 24.2 Å². The van der Waals surface area contributed by atoms with Crippen LogP contribution in [0.4, 0.5) is 11.4 Å². The predicted molar refractivity (Wildman–Crippen MR) is 105 cm³/mol. The van der Waals surface area contributed by atoms with Gasteiger partial charge in [-0.1, -0.05) is 29.8 Å². The summed E-state index contributed by atoms with van der Waals surface area (Å²) in [6, 6.07) is 14.6. The fraction of sp³-hybridized carbons (Fsp3) is 0.200. The van der Waals surface area contributed by atoms with E-state index in [1.54, 1.807) is 30.3 Å². The maximum absolute atomic E-state index is 12.6. The van der Waals surface area contributed by atoms with Gasteiger partial charge in [0, 0.05) is 23.8 Å². The second kappa shape index (κ2) is 7.62. The standard InChI is InChI=1S/C20H20ClN3O2/c1-3-23(4-2)16-10-8-14(9-11-16)12-18-19(25)22-24(20(18)26)17-7-5-6-15(21)13-17/h5-13H,3-4H2,1-2H3,(H,22,25). The molecule has 0 aromatic heterocycles. The average Bonchev–Trinajstić information content (AvgIpc) is 2.92. The number of amides is 2. The lowest BCUT2D eigenvalue weighted by Gasteiger charge is -2.20. The molecule has 2 amide bonds. The molecule has 3 rings (SSSR count). The minimum atomic E-state index is -0.428. The van der Waals surface area contributed by atoms with Gasteiger partial charge in [-0.3, -0.25) is 15.0 Å². The first-order chi connectivity index (χ1) is 12.5.